The number of thiocarbonyl (C=S) groups is 1. The number of para-hydroxylation sites is 1. The van der Waals surface area contributed by atoms with Gasteiger partial charge in [0.2, 0.25) is 0 Å². The molecule has 1 aliphatic heterocycles. The van der Waals surface area contributed by atoms with Crippen molar-refractivity contribution in [2.75, 3.05) is 0 Å². The Morgan fingerprint density at radius 2 is 1.70 bits per heavy atom. The molecule has 5 rings (SSSR count). The summed E-state index contributed by atoms with van der Waals surface area (Å²) in [6, 6.07) is 23.5. The zero-order chi connectivity index (χ0) is 22.9. The molecule has 3 aromatic carbocycles. The summed E-state index contributed by atoms with van der Waals surface area (Å²) in [6.45, 7) is 1.07. The van der Waals surface area contributed by atoms with Crippen molar-refractivity contribution in [2.45, 2.75) is 13.1 Å². The number of halogens is 2. The number of hydrogen-bond acceptors (Lipinski definition) is 3. The summed E-state index contributed by atoms with van der Waals surface area (Å²) in [5.41, 5.74) is 4.06. The first-order valence-electron chi connectivity index (χ1n) is 10.3. The second-order valence-corrected chi connectivity index (χ2v) is 10.2. The van der Waals surface area contributed by atoms with Crippen LogP contribution in [0.4, 0.5) is 0 Å². The molecule has 3 nitrogen and oxygen atoms in total. The van der Waals surface area contributed by atoms with Crippen LogP contribution in [0.1, 0.15) is 16.7 Å². The Labute approximate surface area is 211 Å². The van der Waals surface area contributed by atoms with Crippen molar-refractivity contribution < 1.29 is 4.79 Å². The fourth-order valence-electron chi connectivity index (χ4n) is 3.90. The van der Waals surface area contributed by atoms with Gasteiger partial charge in [-0.1, -0.05) is 102 Å². The molecule has 0 atom stereocenters. The maximum atomic E-state index is 13.1. The van der Waals surface area contributed by atoms with Gasteiger partial charge in [0.05, 0.1) is 11.4 Å². The van der Waals surface area contributed by atoms with Crippen LogP contribution in [0, 0.1) is 0 Å². The largest absolute Gasteiger partial charge is 0.342 e. The van der Waals surface area contributed by atoms with Crippen molar-refractivity contribution in [3.63, 3.8) is 0 Å². The summed E-state index contributed by atoms with van der Waals surface area (Å²) in [7, 11) is 0. The predicted molar refractivity (Wildman–Crippen MR) is 143 cm³/mol. The third-order valence-corrected chi connectivity index (χ3v) is 7.48. The molecule has 7 heteroatoms. The van der Waals surface area contributed by atoms with Crippen LogP contribution in [0.3, 0.4) is 0 Å². The summed E-state index contributed by atoms with van der Waals surface area (Å²) in [5, 5.41) is 2.30. The van der Waals surface area contributed by atoms with Gasteiger partial charge in [0.1, 0.15) is 4.32 Å². The van der Waals surface area contributed by atoms with E-state index in [4.69, 9.17) is 35.4 Å². The van der Waals surface area contributed by atoms with E-state index in [1.807, 2.05) is 60.7 Å². The smallest absolute Gasteiger partial charge is 0.266 e. The fraction of sp³-hybridized carbons (Fsp3) is 0.0769. The molecule has 0 bridgehead atoms. The number of carbonyl (C=O) groups excluding carboxylic acids is 1. The van der Waals surface area contributed by atoms with E-state index in [0.717, 1.165) is 27.6 Å². The molecule has 1 aliphatic rings. The van der Waals surface area contributed by atoms with Gasteiger partial charge in [0, 0.05) is 39.3 Å². The average molecular weight is 509 g/mol. The Bertz CT molecular complexity index is 1410. The highest BCUT2D eigenvalue weighted by atomic mass is 35.5. The second-order valence-electron chi connectivity index (χ2n) is 7.72. The Kier molecular flexibility index (Phi) is 6.30. The Balaban J connectivity index is 1.48. The van der Waals surface area contributed by atoms with Crippen LogP contribution >= 0.6 is 47.2 Å². The van der Waals surface area contributed by atoms with E-state index in [0.29, 0.717) is 32.4 Å². The van der Waals surface area contributed by atoms with Crippen molar-refractivity contribution in [3.05, 3.63) is 111 Å². The zero-order valence-corrected chi connectivity index (χ0v) is 20.5. The topological polar surface area (TPSA) is 25.2 Å². The molecule has 0 saturated carbocycles. The predicted octanol–water partition coefficient (Wildman–Crippen LogP) is 7.40. The molecule has 0 N–H and O–H groups in total. The van der Waals surface area contributed by atoms with Gasteiger partial charge in [0.15, 0.2) is 0 Å². The Hall–Kier alpha value is -2.57. The van der Waals surface area contributed by atoms with Gasteiger partial charge in [0.25, 0.3) is 5.91 Å². The van der Waals surface area contributed by atoms with Crippen LogP contribution < -0.4 is 0 Å². The summed E-state index contributed by atoms with van der Waals surface area (Å²) in [5.74, 6) is -0.0635. The highest BCUT2D eigenvalue weighted by molar-refractivity contribution is 8.26. The second kappa shape index (κ2) is 9.35. The van der Waals surface area contributed by atoms with E-state index in [1.54, 1.807) is 11.0 Å². The maximum absolute atomic E-state index is 13.1. The summed E-state index contributed by atoms with van der Waals surface area (Å²) in [4.78, 5) is 15.4. The molecule has 1 fully saturated rings. The molecule has 2 heterocycles. The monoisotopic (exact) mass is 508 g/mol. The van der Waals surface area contributed by atoms with E-state index in [2.05, 4.69) is 22.9 Å². The van der Waals surface area contributed by atoms with Crippen LogP contribution in [-0.4, -0.2) is 19.7 Å². The molecule has 0 radical (unpaired) electrons. The quantitative estimate of drug-likeness (QED) is 0.207. The first-order valence-corrected chi connectivity index (χ1v) is 12.3. The molecule has 1 saturated heterocycles. The molecule has 1 amide bonds. The maximum Gasteiger partial charge on any atom is 0.266 e. The van der Waals surface area contributed by atoms with Crippen LogP contribution in [-0.2, 0) is 17.9 Å². The van der Waals surface area contributed by atoms with Crippen molar-refractivity contribution >= 4 is 74.4 Å². The number of fused-ring (bicyclic) bond motifs is 1. The number of aromatic nitrogens is 1. The molecular formula is C26H18Cl2N2OS2. The average Bonchev–Trinajstić information content (AvgIpc) is 3.28. The van der Waals surface area contributed by atoms with E-state index in [9.17, 15) is 4.79 Å². The first kappa shape index (κ1) is 22.2. The normalized spacial score (nSPS) is 15.2. The number of benzene rings is 3. The van der Waals surface area contributed by atoms with Gasteiger partial charge < -0.3 is 4.57 Å². The van der Waals surface area contributed by atoms with Crippen LogP contribution in [0.25, 0.3) is 17.0 Å². The highest BCUT2D eigenvalue weighted by Crippen LogP contribution is 2.35. The number of carbonyl (C=O) groups is 1. The molecule has 0 aliphatic carbocycles. The molecule has 0 unspecified atom stereocenters. The minimum atomic E-state index is -0.0635. The number of nitrogens with zero attached hydrogens (tertiary/aromatic N) is 2. The molecular weight excluding hydrogens is 491 g/mol. The Morgan fingerprint density at radius 1 is 0.939 bits per heavy atom. The van der Waals surface area contributed by atoms with Crippen LogP contribution in [0.5, 0.6) is 0 Å². The lowest BCUT2D eigenvalue weighted by Gasteiger charge is -2.14. The van der Waals surface area contributed by atoms with Gasteiger partial charge in [-0.3, -0.25) is 9.69 Å². The highest BCUT2D eigenvalue weighted by Gasteiger charge is 2.32. The minimum Gasteiger partial charge on any atom is -0.342 e. The molecule has 1 aromatic heterocycles. The lowest BCUT2D eigenvalue weighted by atomic mass is 10.1. The fourth-order valence-corrected chi connectivity index (χ4v) is 5.61. The van der Waals surface area contributed by atoms with Crippen molar-refractivity contribution in [2.24, 2.45) is 0 Å². The van der Waals surface area contributed by atoms with E-state index in [1.165, 1.54) is 11.8 Å². The van der Waals surface area contributed by atoms with Gasteiger partial charge in [-0.25, -0.2) is 0 Å². The SMILES string of the molecule is O=C1/C(=C/c2cn(Cc3ccc(Cl)cc3Cl)c3ccccc23)SC(=S)N1Cc1ccccc1. The van der Waals surface area contributed by atoms with E-state index in [-0.39, 0.29) is 5.91 Å². The third-order valence-electron chi connectivity index (χ3n) is 5.52. The molecule has 0 spiro atoms. The number of rotatable bonds is 5. The number of hydrogen-bond donors (Lipinski definition) is 0. The third kappa shape index (κ3) is 4.59. The number of amides is 1. The summed E-state index contributed by atoms with van der Waals surface area (Å²) in [6.07, 6.45) is 3.99. The van der Waals surface area contributed by atoms with Gasteiger partial charge in [-0.15, -0.1) is 0 Å². The number of thioether (sulfide) groups is 1. The summed E-state index contributed by atoms with van der Waals surface area (Å²) >= 11 is 19.3. The molecule has 4 aromatic rings. The Morgan fingerprint density at radius 3 is 2.48 bits per heavy atom. The van der Waals surface area contributed by atoms with Gasteiger partial charge in [-0.2, -0.15) is 0 Å². The van der Waals surface area contributed by atoms with Crippen molar-refractivity contribution in [1.82, 2.24) is 9.47 Å². The van der Waals surface area contributed by atoms with Gasteiger partial charge in [-0.05, 0) is 35.4 Å². The molecule has 164 valence electrons. The van der Waals surface area contributed by atoms with Crippen LogP contribution in [0.2, 0.25) is 10.0 Å². The van der Waals surface area contributed by atoms with Crippen molar-refractivity contribution in [3.8, 4) is 0 Å². The standard InChI is InChI=1S/C26H18Cl2N2OS2/c27-20-11-10-18(22(28)13-20)15-29-16-19(21-8-4-5-9-23(21)29)12-24-25(31)30(26(32)33-24)14-17-6-2-1-3-7-17/h1-13,16H,14-15H2/b24-12-. The van der Waals surface area contributed by atoms with Crippen molar-refractivity contribution in [1.29, 1.82) is 0 Å². The summed E-state index contributed by atoms with van der Waals surface area (Å²) < 4.78 is 2.72. The van der Waals surface area contributed by atoms with E-state index < -0.39 is 0 Å². The molecule has 33 heavy (non-hydrogen) atoms. The van der Waals surface area contributed by atoms with Crippen LogP contribution in [0.15, 0.2) is 83.9 Å². The van der Waals surface area contributed by atoms with E-state index >= 15 is 0 Å². The first-order chi connectivity index (χ1) is 16.0. The lowest BCUT2D eigenvalue weighted by molar-refractivity contribution is -0.122. The lowest BCUT2D eigenvalue weighted by Crippen LogP contribution is -2.27. The zero-order valence-electron chi connectivity index (χ0n) is 17.4. The minimum absolute atomic E-state index is 0.0635. The van der Waals surface area contributed by atoms with Gasteiger partial charge >= 0.3 is 0 Å².